The number of aliphatic imine (C=N–C) groups is 1. The zero-order valence-electron chi connectivity index (χ0n) is 14.2. The van der Waals surface area contributed by atoms with Crippen molar-refractivity contribution in [3.05, 3.63) is 16.1 Å². The fourth-order valence-corrected chi connectivity index (χ4v) is 3.91. The Kier molecular flexibility index (Phi) is 7.05. The van der Waals surface area contributed by atoms with Crippen molar-refractivity contribution in [2.45, 2.75) is 19.5 Å². The molecule has 3 saturated heterocycles. The zero-order valence-corrected chi connectivity index (χ0v) is 17.3. The summed E-state index contributed by atoms with van der Waals surface area (Å²) in [6, 6.07) is 0.606. The Morgan fingerprint density at radius 2 is 2.17 bits per heavy atom. The molecule has 0 amide bonds. The lowest BCUT2D eigenvalue weighted by Crippen LogP contribution is -2.63. The van der Waals surface area contributed by atoms with Gasteiger partial charge in [0.05, 0.1) is 17.2 Å². The predicted molar refractivity (Wildman–Crippen MR) is 107 cm³/mol. The number of guanidine groups is 1. The standard InChI is InChI=1S/C15H26N6S.HI/c1-12-18-13(11-22-12)9-19(3)15(16-2)17-8-14-10-20-4-6-21(14)7-5-20;/h11,14H,4-10H2,1-3H3,(H,16,17);1H. The molecule has 6 nitrogen and oxygen atoms in total. The second kappa shape index (κ2) is 8.59. The molecule has 0 spiro atoms. The highest BCUT2D eigenvalue weighted by molar-refractivity contribution is 14.0. The van der Waals surface area contributed by atoms with Crippen LogP contribution in [0.3, 0.4) is 0 Å². The van der Waals surface area contributed by atoms with Gasteiger partial charge in [0.15, 0.2) is 5.96 Å². The molecule has 1 unspecified atom stereocenters. The maximum absolute atomic E-state index is 4.53. The lowest BCUT2D eigenvalue weighted by Gasteiger charge is -2.47. The number of fused-ring (bicyclic) bond motifs is 3. The summed E-state index contributed by atoms with van der Waals surface area (Å²) in [5.74, 6) is 0.948. The first-order valence-electron chi connectivity index (χ1n) is 7.95. The van der Waals surface area contributed by atoms with E-state index in [0.29, 0.717) is 6.04 Å². The van der Waals surface area contributed by atoms with Crippen LogP contribution in [0.5, 0.6) is 0 Å². The number of piperazine rings is 3. The molecule has 23 heavy (non-hydrogen) atoms. The van der Waals surface area contributed by atoms with Gasteiger partial charge in [0.25, 0.3) is 0 Å². The first-order chi connectivity index (χ1) is 10.7. The number of nitrogens with one attached hydrogen (secondary N) is 1. The van der Waals surface area contributed by atoms with E-state index in [-0.39, 0.29) is 24.0 Å². The van der Waals surface area contributed by atoms with E-state index in [1.807, 2.05) is 14.0 Å². The fourth-order valence-electron chi connectivity index (χ4n) is 3.31. The van der Waals surface area contributed by atoms with Gasteiger partial charge in [0, 0.05) is 64.8 Å². The van der Waals surface area contributed by atoms with E-state index >= 15 is 0 Å². The summed E-state index contributed by atoms with van der Waals surface area (Å²) in [6.07, 6.45) is 0. The molecule has 3 fully saturated rings. The van der Waals surface area contributed by atoms with E-state index in [0.717, 1.165) is 29.8 Å². The average Bonchev–Trinajstić information content (AvgIpc) is 2.94. The van der Waals surface area contributed by atoms with Gasteiger partial charge in [-0.15, -0.1) is 35.3 Å². The van der Waals surface area contributed by atoms with Crippen molar-refractivity contribution in [1.82, 2.24) is 25.0 Å². The molecule has 0 aliphatic carbocycles. The third kappa shape index (κ3) is 4.77. The number of nitrogens with zero attached hydrogens (tertiary/aromatic N) is 5. The number of hydrogen-bond donors (Lipinski definition) is 1. The molecule has 1 aromatic heterocycles. The van der Waals surface area contributed by atoms with Crippen molar-refractivity contribution in [3.8, 4) is 0 Å². The van der Waals surface area contributed by atoms with Crippen LogP contribution >= 0.6 is 35.3 Å². The van der Waals surface area contributed by atoms with Gasteiger partial charge in [-0.3, -0.25) is 14.8 Å². The number of aryl methyl sites for hydroxylation is 1. The van der Waals surface area contributed by atoms with E-state index in [4.69, 9.17) is 0 Å². The molecule has 0 aromatic carbocycles. The van der Waals surface area contributed by atoms with Crippen LogP contribution in [0.15, 0.2) is 10.4 Å². The first-order valence-corrected chi connectivity index (χ1v) is 8.83. The minimum absolute atomic E-state index is 0. The maximum Gasteiger partial charge on any atom is 0.193 e. The summed E-state index contributed by atoms with van der Waals surface area (Å²) >= 11 is 1.70. The maximum atomic E-state index is 4.53. The summed E-state index contributed by atoms with van der Waals surface area (Å²) in [7, 11) is 3.92. The quantitative estimate of drug-likeness (QED) is 0.423. The summed E-state index contributed by atoms with van der Waals surface area (Å²) in [6.45, 7) is 9.86. The van der Waals surface area contributed by atoms with Crippen LogP contribution < -0.4 is 5.32 Å². The number of rotatable bonds is 4. The van der Waals surface area contributed by atoms with Crippen molar-refractivity contribution in [2.75, 3.05) is 53.4 Å². The Balaban J connectivity index is 0.00000192. The molecular weight excluding hydrogens is 423 g/mol. The number of halogens is 1. The van der Waals surface area contributed by atoms with Gasteiger partial charge in [-0.25, -0.2) is 4.98 Å². The third-order valence-corrected chi connectivity index (χ3v) is 5.35. The van der Waals surface area contributed by atoms with E-state index in [9.17, 15) is 0 Å². The monoisotopic (exact) mass is 450 g/mol. The second-order valence-electron chi connectivity index (χ2n) is 6.13. The molecule has 1 N–H and O–H groups in total. The molecule has 1 atom stereocenters. The van der Waals surface area contributed by atoms with Gasteiger partial charge in [0.1, 0.15) is 0 Å². The number of aromatic nitrogens is 1. The zero-order chi connectivity index (χ0) is 15.5. The average molecular weight is 450 g/mol. The van der Waals surface area contributed by atoms with Crippen LogP contribution in [0.2, 0.25) is 0 Å². The van der Waals surface area contributed by atoms with Gasteiger partial charge in [-0.2, -0.15) is 0 Å². The van der Waals surface area contributed by atoms with Gasteiger partial charge >= 0.3 is 0 Å². The highest BCUT2D eigenvalue weighted by Gasteiger charge is 2.31. The summed E-state index contributed by atoms with van der Waals surface area (Å²) < 4.78 is 0. The molecular formula is C15H27IN6S. The van der Waals surface area contributed by atoms with Crippen LogP contribution in [0.4, 0.5) is 0 Å². The lowest BCUT2D eigenvalue weighted by molar-refractivity contribution is 0.0152. The van der Waals surface area contributed by atoms with E-state index in [2.05, 4.69) is 42.4 Å². The minimum Gasteiger partial charge on any atom is -0.355 e. The van der Waals surface area contributed by atoms with Crippen LogP contribution in [-0.4, -0.2) is 85.0 Å². The van der Waals surface area contributed by atoms with Crippen LogP contribution in [0.25, 0.3) is 0 Å². The Morgan fingerprint density at radius 3 is 2.70 bits per heavy atom. The van der Waals surface area contributed by atoms with E-state index < -0.39 is 0 Å². The van der Waals surface area contributed by atoms with Crippen LogP contribution in [0.1, 0.15) is 10.7 Å². The first kappa shape index (κ1) is 18.9. The molecule has 2 bridgehead atoms. The highest BCUT2D eigenvalue weighted by Crippen LogP contribution is 2.15. The summed E-state index contributed by atoms with van der Waals surface area (Å²) in [4.78, 5) is 16.3. The lowest BCUT2D eigenvalue weighted by atomic mass is 10.1. The smallest absolute Gasteiger partial charge is 0.193 e. The topological polar surface area (TPSA) is 47.0 Å². The largest absolute Gasteiger partial charge is 0.355 e. The van der Waals surface area contributed by atoms with E-state index in [1.165, 1.54) is 32.7 Å². The number of thiazole rings is 1. The van der Waals surface area contributed by atoms with Crippen LogP contribution in [0, 0.1) is 6.92 Å². The highest BCUT2D eigenvalue weighted by atomic mass is 127. The predicted octanol–water partition coefficient (Wildman–Crippen LogP) is 1.08. The second-order valence-corrected chi connectivity index (χ2v) is 7.19. The molecule has 3 aliphatic rings. The Hall–Kier alpha value is -0.450. The number of hydrogen-bond acceptors (Lipinski definition) is 5. The van der Waals surface area contributed by atoms with Crippen molar-refractivity contribution >= 4 is 41.3 Å². The summed E-state index contributed by atoms with van der Waals surface area (Å²) in [5, 5.41) is 6.77. The van der Waals surface area contributed by atoms with Crippen molar-refractivity contribution in [2.24, 2.45) is 4.99 Å². The van der Waals surface area contributed by atoms with Crippen molar-refractivity contribution in [1.29, 1.82) is 0 Å². The molecule has 4 rings (SSSR count). The molecule has 130 valence electrons. The minimum atomic E-state index is 0. The molecule has 0 radical (unpaired) electrons. The van der Waals surface area contributed by atoms with Gasteiger partial charge in [-0.05, 0) is 6.92 Å². The van der Waals surface area contributed by atoms with E-state index in [1.54, 1.807) is 11.3 Å². The van der Waals surface area contributed by atoms with Gasteiger partial charge < -0.3 is 10.2 Å². The molecule has 0 saturated carbocycles. The van der Waals surface area contributed by atoms with Crippen molar-refractivity contribution in [3.63, 3.8) is 0 Å². The van der Waals surface area contributed by atoms with Gasteiger partial charge in [0.2, 0.25) is 0 Å². The molecule has 4 heterocycles. The fraction of sp³-hybridized carbons (Fsp3) is 0.733. The Morgan fingerprint density at radius 1 is 1.43 bits per heavy atom. The third-order valence-electron chi connectivity index (χ3n) is 4.53. The Labute approximate surface area is 160 Å². The van der Waals surface area contributed by atoms with Crippen LogP contribution in [-0.2, 0) is 6.54 Å². The Bertz CT molecular complexity index is 526. The SMILES string of the molecule is CN=C(NCC1CN2CCN1CC2)N(C)Cc1csc(C)n1.I. The normalized spacial score (nSPS) is 26.7. The van der Waals surface area contributed by atoms with Crippen molar-refractivity contribution < 1.29 is 0 Å². The summed E-state index contributed by atoms with van der Waals surface area (Å²) in [5.41, 5.74) is 1.11. The molecule has 1 aromatic rings. The molecule has 8 heteroatoms. The van der Waals surface area contributed by atoms with Gasteiger partial charge in [-0.1, -0.05) is 0 Å². The molecule has 3 aliphatic heterocycles.